The van der Waals surface area contributed by atoms with Crippen molar-refractivity contribution in [2.75, 3.05) is 31.6 Å². The number of fused-ring (bicyclic) bond motifs is 2. The Balaban J connectivity index is 1.54. The summed E-state index contributed by atoms with van der Waals surface area (Å²) in [4.78, 5) is 48.3. The molecule has 8 nitrogen and oxygen atoms in total. The van der Waals surface area contributed by atoms with Gasteiger partial charge in [0.05, 0.1) is 40.8 Å². The lowest BCUT2D eigenvalue weighted by molar-refractivity contribution is -0.152. The number of likely N-dealkylation sites (N-methyl/N-ethyl adjacent to an activating group) is 1. The highest BCUT2D eigenvalue weighted by Gasteiger charge is 2.75. The normalized spacial score (nSPS) is 31.1. The molecule has 2 aromatic rings. The molecule has 42 heavy (non-hydrogen) atoms. The van der Waals surface area contributed by atoms with Crippen molar-refractivity contribution >= 4 is 35.0 Å². The van der Waals surface area contributed by atoms with Gasteiger partial charge in [-0.1, -0.05) is 85.3 Å². The average Bonchev–Trinajstić information content (AvgIpc) is 3.29. The molecule has 2 fully saturated rings. The van der Waals surface area contributed by atoms with Crippen LogP contribution in [0.5, 0.6) is 0 Å². The van der Waals surface area contributed by atoms with E-state index in [4.69, 9.17) is 16.3 Å². The zero-order valence-corrected chi connectivity index (χ0v) is 24.8. The maximum Gasteiger partial charge on any atom is 0.253 e. The first-order chi connectivity index (χ1) is 20.2. The van der Waals surface area contributed by atoms with Gasteiger partial charge in [0.25, 0.3) is 5.91 Å². The minimum Gasteiger partial charge on any atom is -0.394 e. The minimum absolute atomic E-state index is 0.190. The molecule has 0 bridgehead atoms. The van der Waals surface area contributed by atoms with Crippen LogP contribution < -0.4 is 4.90 Å². The second kappa shape index (κ2) is 10.7. The topological polar surface area (TPSA) is 90.4 Å². The summed E-state index contributed by atoms with van der Waals surface area (Å²) in [6, 6.07) is 13.2. The molecule has 0 radical (unpaired) electrons. The number of nitrogens with zero attached hydrogens (tertiary/aromatic N) is 3. The van der Waals surface area contributed by atoms with Crippen LogP contribution in [0.1, 0.15) is 24.5 Å². The predicted molar refractivity (Wildman–Crippen MR) is 160 cm³/mol. The summed E-state index contributed by atoms with van der Waals surface area (Å²) in [5.74, 6) is -2.68. The second-order valence-electron chi connectivity index (χ2n) is 11.8. The van der Waals surface area contributed by atoms with Crippen molar-refractivity contribution in [3.05, 3.63) is 89.0 Å². The van der Waals surface area contributed by atoms with Crippen LogP contribution in [0.4, 0.5) is 5.69 Å². The summed E-state index contributed by atoms with van der Waals surface area (Å²) in [5.41, 5.74) is -0.166. The number of aliphatic hydroxyl groups excluding tert-OH is 1. The van der Waals surface area contributed by atoms with Crippen molar-refractivity contribution in [3.8, 4) is 0 Å². The summed E-state index contributed by atoms with van der Waals surface area (Å²) in [6.07, 6.45) is 8.28. The number of rotatable bonds is 6. The highest BCUT2D eigenvalue weighted by molar-refractivity contribution is 6.34. The van der Waals surface area contributed by atoms with Gasteiger partial charge in [0.15, 0.2) is 0 Å². The van der Waals surface area contributed by atoms with E-state index in [-0.39, 0.29) is 30.9 Å². The standard InChI is InChI=1S/C33H36ClN3O5/c1-4-32-15-9-17-35(3)29(39)25(32)26-30(40)37(23(20-38)19-22-12-6-5-7-13-22)28-31(41)36(18-10-16-33(26,28)42-32)27-21(2)11-8-14-24(27)34/h5-16,23,25-26,28,38H,4,17-20H2,1-3H3/t23-,25-,26+,28?,32+,33+/m1/s1. The van der Waals surface area contributed by atoms with Gasteiger partial charge in [-0.3, -0.25) is 14.4 Å². The van der Waals surface area contributed by atoms with Gasteiger partial charge in [0, 0.05) is 20.1 Å². The van der Waals surface area contributed by atoms with Crippen LogP contribution in [0, 0.1) is 18.8 Å². The number of benzene rings is 2. The fourth-order valence-electron chi connectivity index (χ4n) is 7.52. The van der Waals surface area contributed by atoms with E-state index in [1.165, 1.54) is 4.90 Å². The molecular weight excluding hydrogens is 554 g/mol. The summed E-state index contributed by atoms with van der Waals surface area (Å²) >= 11 is 6.66. The van der Waals surface area contributed by atoms with E-state index < -0.39 is 35.1 Å². The number of hydrogen-bond acceptors (Lipinski definition) is 5. The highest BCUT2D eigenvalue weighted by atomic mass is 35.5. The van der Waals surface area contributed by atoms with E-state index in [1.807, 2.05) is 80.6 Å². The molecule has 4 aliphatic rings. The van der Waals surface area contributed by atoms with E-state index in [2.05, 4.69) is 0 Å². The van der Waals surface area contributed by atoms with Crippen LogP contribution in [0.3, 0.4) is 0 Å². The SMILES string of the molecule is CC[C@]12C=CCN(C)C(=O)[C@H]1[C@H]1C(=O)N([C@@H](CO)Cc3ccccc3)C3C(=O)N(c4c(C)cccc4Cl)CC=C[C@@]31O2. The molecule has 9 heteroatoms. The smallest absolute Gasteiger partial charge is 0.253 e. The Bertz CT molecular complexity index is 1460. The Morgan fingerprint density at radius 2 is 1.71 bits per heavy atom. The number of para-hydroxylation sites is 1. The van der Waals surface area contributed by atoms with Gasteiger partial charge in [0.1, 0.15) is 11.6 Å². The van der Waals surface area contributed by atoms with Crippen molar-refractivity contribution in [1.82, 2.24) is 9.80 Å². The third-order valence-electron chi connectivity index (χ3n) is 9.46. The van der Waals surface area contributed by atoms with E-state index >= 15 is 0 Å². The Labute approximate surface area is 251 Å². The molecule has 6 atom stereocenters. The number of aliphatic hydroxyl groups is 1. The maximum absolute atomic E-state index is 14.9. The maximum atomic E-state index is 14.9. The van der Waals surface area contributed by atoms with Crippen LogP contribution in [-0.2, 0) is 25.5 Å². The lowest BCUT2D eigenvalue weighted by Gasteiger charge is -2.41. The van der Waals surface area contributed by atoms with Crippen LogP contribution in [0.25, 0.3) is 0 Å². The number of likely N-dealkylation sites (tertiary alicyclic amines) is 1. The monoisotopic (exact) mass is 589 g/mol. The molecule has 220 valence electrons. The van der Waals surface area contributed by atoms with E-state index in [0.717, 1.165) is 11.1 Å². The number of carbonyl (C=O) groups is 3. The van der Waals surface area contributed by atoms with Gasteiger partial charge in [0.2, 0.25) is 11.8 Å². The molecule has 6 rings (SSSR count). The Hall–Kier alpha value is -3.46. The average molecular weight is 590 g/mol. The van der Waals surface area contributed by atoms with Crippen LogP contribution >= 0.6 is 11.6 Å². The van der Waals surface area contributed by atoms with Gasteiger partial charge >= 0.3 is 0 Å². The lowest BCUT2D eigenvalue weighted by atomic mass is 9.73. The van der Waals surface area contributed by atoms with Gasteiger partial charge in [-0.05, 0) is 37.0 Å². The summed E-state index contributed by atoms with van der Waals surface area (Å²) in [7, 11) is 1.72. The van der Waals surface area contributed by atoms with E-state index in [1.54, 1.807) is 22.9 Å². The van der Waals surface area contributed by atoms with Gasteiger partial charge in [-0.15, -0.1) is 0 Å². The molecule has 1 unspecified atom stereocenters. The first kappa shape index (κ1) is 28.6. The Kier molecular flexibility index (Phi) is 7.28. The molecule has 3 amide bonds. The quantitative estimate of drug-likeness (QED) is 0.521. The number of aryl methyl sites for hydroxylation is 1. The van der Waals surface area contributed by atoms with Crippen molar-refractivity contribution < 1.29 is 24.2 Å². The number of ether oxygens (including phenoxy) is 1. The molecule has 0 aliphatic carbocycles. The largest absolute Gasteiger partial charge is 0.394 e. The first-order valence-electron chi connectivity index (χ1n) is 14.5. The fraction of sp³-hybridized carbons (Fsp3) is 0.424. The summed E-state index contributed by atoms with van der Waals surface area (Å²) in [6.45, 7) is 4.09. The zero-order valence-electron chi connectivity index (χ0n) is 24.1. The molecule has 2 aromatic carbocycles. The highest BCUT2D eigenvalue weighted by Crippen LogP contribution is 2.59. The van der Waals surface area contributed by atoms with Crippen LogP contribution in [0.15, 0.2) is 72.8 Å². The Morgan fingerprint density at radius 3 is 2.40 bits per heavy atom. The Morgan fingerprint density at radius 1 is 0.976 bits per heavy atom. The lowest BCUT2D eigenvalue weighted by Crippen LogP contribution is -2.59. The third-order valence-corrected chi connectivity index (χ3v) is 9.76. The third kappa shape index (κ3) is 4.14. The molecule has 1 N–H and O–H groups in total. The molecule has 4 heterocycles. The molecule has 4 aliphatic heterocycles. The molecular formula is C33H36ClN3O5. The van der Waals surface area contributed by atoms with Gasteiger partial charge in [-0.25, -0.2) is 0 Å². The van der Waals surface area contributed by atoms with Crippen LogP contribution in [0.2, 0.25) is 5.02 Å². The van der Waals surface area contributed by atoms with Crippen LogP contribution in [-0.4, -0.2) is 82.7 Å². The van der Waals surface area contributed by atoms with Crippen molar-refractivity contribution in [3.63, 3.8) is 0 Å². The summed E-state index contributed by atoms with van der Waals surface area (Å²) < 4.78 is 7.01. The number of halogens is 1. The number of amides is 3. The molecule has 0 aromatic heterocycles. The van der Waals surface area contributed by atoms with E-state index in [0.29, 0.717) is 30.1 Å². The predicted octanol–water partition coefficient (Wildman–Crippen LogP) is 3.54. The molecule has 2 saturated heterocycles. The van der Waals surface area contributed by atoms with Crippen molar-refractivity contribution in [2.45, 2.75) is 50.0 Å². The van der Waals surface area contributed by atoms with E-state index in [9.17, 15) is 19.5 Å². The van der Waals surface area contributed by atoms with Gasteiger partial charge < -0.3 is 24.5 Å². The summed E-state index contributed by atoms with van der Waals surface area (Å²) in [5, 5.41) is 11.1. The van der Waals surface area contributed by atoms with Gasteiger partial charge in [-0.2, -0.15) is 0 Å². The molecule has 0 saturated carbocycles. The van der Waals surface area contributed by atoms with Crippen molar-refractivity contribution in [1.29, 1.82) is 0 Å². The number of anilines is 1. The second-order valence-corrected chi connectivity index (χ2v) is 12.2. The van der Waals surface area contributed by atoms with Crippen molar-refractivity contribution in [2.24, 2.45) is 11.8 Å². The zero-order chi connectivity index (χ0) is 29.8. The minimum atomic E-state index is -1.42. The number of carbonyl (C=O) groups excluding carboxylic acids is 3. The first-order valence-corrected chi connectivity index (χ1v) is 14.9. The number of hydrogen-bond donors (Lipinski definition) is 1. The fourth-order valence-corrected chi connectivity index (χ4v) is 7.84. The molecule has 1 spiro atoms.